The van der Waals surface area contributed by atoms with Gasteiger partial charge in [-0.1, -0.05) is 0 Å². The second-order valence-electron chi connectivity index (χ2n) is 4.84. The summed E-state index contributed by atoms with van der Waals surface area (Å²) in [6.45, 7) is 0. The molecule has 2 rings (SSSR count). The van der Waals surface area contributed by atoms with Crippen molar-refractivity contribution in [1.29, 1.82) is 0 Å². The Kier molecular flexibility index (Phi) is 5.10. The minimum atomic E-state index is -1.47. The van der Waals surface area contributed by atoms with Crippen LogP contribution in [0.2, 0.25) is 0 Å². The summed E-state index contributed by atoms with van der Waals surface area (Å²) in [4.78, 5) is 26.9. The monoisotopic (exact) mass is 334 g/mol. The number of carbonyl (C=O) groups is 2. The Hall–Kier alpha value is -3.00. The van der Waals surface area contributed by atoms with Crippen LogP contribution in [0.3, 0.4) is 0 Å². The summed E-state index contributed by atoms with van der Waals surface area (Å²) in [7, 11) is 2.71. The van der Waals surface area contributed by atoms with E-state index in [0.29, 0.717) is 0 Å². The Bertz CT molecular complexity index is 794. The molecule has 3 N–H and O–H groups in total. The molecular formula is C16H15FN2O5. The number of rotatable bonds is 5. The fourth-order valence-electron chi connectivity index (χ4n) is 2.14. The van der Waals surface area contributed by atoms with Crippen molar-refractivity contribution < 1.29 is 28.9 Å². The van der Waals surface area contributed by atoms with Crippen molar-refractivity contribution >= 4 is 11.9 Å². The first kappa shape index (κ1) is 17.4. The van der Waals surface area contributed by atoms with Gasteiger partial charge >= 0.3 is 5.97 Å². The quantitative estimate of drug-likeness (QED) is 0.762. The lowest BCUT2D eigenvalue weighted by Gasteiger charge is -2.16. The maximum atomic E-state index is 13.5. The molecule has 2 aromatic rings. The van der Waals surface area contributed by atoms with E-state index in [2.05, 4.69) is 10.3 Å². The molecule has 0 unspecified atom stereocenters. The number of amides is 1. The second-order valence-corrected chi connectivity index (χ2v) is 4.84. The highest BCUT2D eigenvalue weighted by atomic mass is 19.1. The van der Waals surface area contributed by atoms with Gasteiger partial charge in [0.15, 0.2) is 0 Å². The molecule has 0 saturated heterocycles. The van der Waals surface area contributed by atoms with E-state index in [4.69, 9.17) is 9.84 Å². The number of hydrogen-bond donors (Lipinski definition) is 3. The number of benzene rings is 1. The molecule has 0 aliphatic heterocycles. The molecule has 0 spiro atoms. The topological polar surface area (TPSA) is 109 Å². The highest BCUT2D eigenvalue weighted by Gasteiger charge is 2.21. The minimum Gasteiger partial charge on any atom is -0.496 e. The van der Waals surface area contributed by atoms with Gasteiger partial charge < -0.3 is 20.3 Å². The zero-order chi connectivity index (χ0) is 17.9. The summed E-state index contributed by atoms with van der Waals surface area (Å²) in [5, 5.41) is 22.0. The maximum absolute atomic E-state index is 13.5. The summed E-state index contributed by atoms with van der Waals surface area (Å²) in [5.74, 6) is -2.31. The minimum absolute atomic E-state index is 0.0652. The van der Waals surface area contributed by atoms with E-state index in [0.717, 1.165) is 24.3 Å². The van der Waals surface area contributed by atoms with Crippen molar-refractivity contribution in [2.45, 2.75) is 6.10 Å². The van der Waals surface area contributed by atoms with Gasteiger partial charge in [-0.3, -0.25) is 4.79 Å². The van der Waals surface area contributed by atoms with Crippen LogP contribution in [-0.4, -0.2) is 41.2 Å². The van der Waals surface area contributed by atoms with Gasteiger partial charge in [-0.25, -0.2) is 14.2 Å². The summed E-state index contributed by atoms with van der Waals surface area (Å²) < 4.78 is 18.6. The van der Waals surface area contributed by atoms with E-state index in [1.165, 1.54) is 20.2 Å². The van der Waals surface area contributed by atoms with Crippen molar-refractivity contribution in [2.75, 3.05) is 14.2 Å². The molecule has 0 aliphatic carbocycles. The lowest BCUT2D eigenvalue weighted by atomic mass is 10.0. The third-order valence-corrected chi connectivity index (χ3v) is 3.32. The van der Waals surface area contributed by atoms with Crippen LogP contribution in [0.5, 0.6) is 5.75 Å². The molecule has 126 valence electrons. The van der Waals surface area contributed by atoms with E-state index >= 15 is 0 Å². The number of methoxy groups -OCH3 is 1. The van der Waals surface area contributed by atoms with Crippen molar-refractivity contribution in [1.82, 2.24) is 10.3 Å². The molecule has 1 atom stereocenters. The molecular weight excluding hydrogens is 319 g/mol. The summed E-state index contributed by atoms with van der Waals surface area (Å²) in [6.07, 6.45) is -1.47. The lowest BCUT2D eigenvalue weighted by molar-refractivity contribution is 0.0696. The fourth-order valence-corrected chi connectivity index (χ4v) is 2.14. The highest BCUT2D eigenvalue weighted by molar-refractivity contribution is 5.95. The van der Waals surface area contributed by atoms with Gasteiger partial charge in [-0.2, -0.15) is 0 Å². The standard InChI is InChI=1S/C16H15FN2O5/c1-18-15(21)12-6-8(16(22)23)5-11(19-12)14(20)10-7-9(17)3-4-13(10)24-2/h3-7,14,20H,1-2H3,(H,18,21)(H,22,23)/t14-/m0/s1. The van der Waals surface area contributed by atoms with Crippen LogP contribution in [0.4, 0.5) is 4.39 Å². The third-order valence-electron chi connectivity index (χ3n) is 3.32. The first-order chi connectivity index (χ1) is 11.4. The number of carboxylic acids is 1. The SMILES string of the molecule is CNC(=O)c1cc(C(=O)O)cc([C@@H](O)c2cc(F)ccc2OC)n1. The molecule has 1 aromatic heterocycles. The number of ether oxygens (including phenoxy) is 1. The molecule has 24 heavy (non-hydrogen) atoms. The predicted octanol–water partition coefficient (Wildman–Crippen LogP) is 1.37. The number of aliphatic hydroxyl groups is 1. The summed E-state index contributed by atoms with van der Waals surface area (Å²) in [5.41, 5.74) is -0.456. The number of carbonyl (C=O) groups excluding carboxylic acids is 1. The van der Waals surface area contributed by atoms with Gasteiger partial charge in [0, 0.05) is 12.6 Å². The van der Waals surface area contributed by atoms with Gasteiger partial charge in [-0.05, 0) is 30.3 Å². The van der Waals surface area contributed by atoms with Gasteiger partial charge in [0.05, 0.1) is 18.4 Å². The van der Waals surface area contributed by atoms with Crippen molar-refractivity contribution in [3.63, 3.8) is 0 Å². The average Bonchev–Trinajstić information content (AvgIpc) is 2.59. The summed E-state index contributed by atoms with van der Waals surface area (Å²) >= 11 is 0. The molecule has 8 heteroatoms. The van der Waals surface area contributed by atoms with Crippen molar-refractivity contribution in [2.24, 2.45) is 0 Å². The van der Waals surface area contributed by atoms with E-state index in [1.54, 1.807) is 0 Å². The van der Waals surface area contributed by atoms with Crippen LogP contribution in [0.25, 0.3) is 0 Å². The number of halogens is 1. The zero-order valence-electron chi connectivity index (χ0n) is 12.9. The number of aliphatic hydroxyl groups excluding tert-OH is 1. The van der Waals surface area contributed by atoms with Gasteiger partial charge in [0.1, 0.15) is 23.4 Å². The third kappa shape index (κ3) is 3.49. The van der Waals surface area contributed by atoms with Gasteiger partial charge in [-0.15, -0.1) is 0 Å². The van der Waals surface area contributed by atoms with Gasteiger partial charge in [0.25, 0.3) is 5.91 Å². The summed E-state index contributed by atoms with van der Waals surface area (Å²) in [6, 6.07) is 5.74. The number of hydrogen-bond acceptors (Lipinski definition) is 5. The number of pyridine rings is 1. The number of aromatic nitrogens is 1. The molecule has 1 amide bonds. The first-order valence-electron chi connectivity index (χ1n) is 6.86. The number of carboxylic acid groups (broad SMARTS) is 1. The first-order valence-corrected chi connectivity index (χ1v) is 6.86. The van der Waals surface area contributed by atoms with E-state index in [-0.39, 0.29) is 28.3 Å². The molecule has 0 saturated carbocycles. The molecule has 0 bridgehead atoms. The molecule has 0 aliphatic rings. The van der Waals surface area contributed by atoms with E-state index in [9.17, 15) is 19.1 Å². The number of nitrogens with one attached hydrogen (secondary N) is 1. The molecule has 0 radical (unpaired) electrons. The Morgan fingerprint density at radius 1 is 1.29 bits per heavy atom. The van der Waals surface area contributed by atoms with Crippen LogP contribution >= 0.6 is 0 Å². The van der Waals surface area contributed by atoms with Crippen LogP contribution in [0, 0.1) is 5.82 Å². The van der Waals surface area contributed by atoms with Crippen LogP contribution in [-0.2, 0) is 0 Å². The molecule has 7 nitrogen and oxygen atoms in total. The fraction of sp³-hybridized carbons (Fsp3) is 0.188. The van der Waals surface area contributed by atoms with E-state index in [1.807, 2.05) is 0 Å². The Morgan fingerprint density at radius 3 is 2.58 bits per heavy atom. The van der Waals surface area contributed by atoms with Crippen LogP contribution in [0.15, 0.2) is 30.3 Å². The lowest BCUT2D eigenvalue weighted by Crippen LogP contribution is -2.21. The predicted molar refractivity (Wildman–Crippen MR) is 81.6 cm³/mol. The van der Waals surface area contributed by atoms with Crippen LogP contribution < -0.4 is 10.1 Å². The number of aromatic carboxylic acids is 1. The largest absolute Gasteiger partial charge is 0.496 e. The Labute approximate surface area is 136 Å². The van der Waals surface area contributed by atoms with Crippen molar-refractivity contribution in [3.05, 3.63) is 58.7 Å². The Balaban J connectivity index is 2.58. The zero-order valence-corrected chi connectivity index (χ0v) is 12.9. The second kappa shape index (κ2) is 7.05. The smallest absolute Gasteiger partial charge is 0.335 e. The molecule has 0 fully saturated rings. The highest BCUT2D eigenvalue weighted by Crippen LogP contribution is 2.30. The van der Waals surface area contributed by atoms with E-state index < -0.39 is 23.8 Å². The maximum Gasteiger partial charge on any atom is 0.335 e. The molecule has 1 aromatic carbocycles. The average molecular weight is 334 g/mol. The van der Waals surface area contributed by atoms with Gasteiger partial charge in [0.2, 0.25) is 0 Å². The van der Waals surface area contributed by atoms with Crippen molar-refractivity contribution in [3.8, 4) is 5.75 Å². The normalized spacial score (nSPS) is 11.7. The van der Waals surface area contributed by atoms with Crippen LogP contribution in [0.1, 0.15) is 38.2 Å². The Morgan fingerprint density at radius 2 is 2.00 bits per heavy atom. The molecule has 1 heterocycles. The number of nitrogens with zero attached hydrogens (tertiary/aromatic N) is 1.